The first-order chi connectivity index (χ1) is 13.6. The number of aliphatic hydroxyl groups is 1. The molecule has 1 aromatic heterocycles. The first-order valence-electron chi connectivity index (χ1n) is 9.93. The van der Waals surface area contributed by atoms with Gasteiger partial charge in [-0.25, -0.2) is 4.79 Å². The second kappa shape index (κ2) is 8.02. The summed E-state index contributed by atoms with van der Waals surface area (Å²) >= 11 is 0. The highest BCUT2D eigenvalue weighted by atomic mass is 16.4. The second-order valence-corrected chi connectivity index (χ2v) is 8.64. The molecule has 2 aliphatic carbocycles. The highest BCUT2D eigenvalue weighted by molar-refractivity contribution is 5.95. The zero-order valence-corrected chi connectivity index (χ0v) is 16.8. The fourth-order valence-electron chi connectivity index (χ4n) is 4.15. The number of anilines is 1. The maximum atomic E-state index is 12.9. The van der Waals surface area contributed by atoms with E-state index in [1.807, 2.05) is 0 Å². The average Bonchev–Trinajstić information content (AvgIpc) is 3.10. The van der Waals surface area contributed by atoms with Gasteiger partial charge >= 0.3 is 6.09 Å². The number of hydrogen-bond acceptors (Lipinski definition) is 5. The third-order valence-electron chi connectivity index (χ3n) is 6.02. The second-order valence-electron chi connectivity index (χ2n) is 8.64. The molecule has 3 rings (SSSR count). The van der Waals surface area contributed by atoms with Gasteiger partial charge in [-0.15, -0.1) is 0 Å². The fourth-order valence-corrected chi connectivity index (χ4v) is 4.15. The van der Waals surface area contributed by atoms with Crippen LogP contribution in [0.5, 0.6) is 0 Å². The van der Waals surface area contributed by atoms with Crippen molar-refractivity contribution in [2.45, 2.75) is 69.6 Å². The molecular formula is C19H29N5O5. The summed E-state index contributed by atoms with van der Waals surface area (Å²) in [6, 6.07) is 0.664. The topological polar surface area (TPSA) is 146 Å². The van der Waals surface area contributed by atoms with Crippen molar-refractivity contribution in [3.63, 3.8) is 0 Å². The molecule has 1 heterocycles. The minimum absolute atomic E-state index is 0.101. The number of rotatable bonds is 8. The van der Waals surface area contributed by atoms with E-state index in [-0.39, 0.29) is 5.41 Å². The molecule has 0 aromatic carbocycles. The lowest BCUT2D eigenvalue weighted by Crippen LogP contribution is -2.57. The quantitative estimate of drug-likeness (QED) is 0.434. The average molecular weight is 407 g/mol. The molecule has 0 radical (unpaired) electrons. The van der Waals surface area contributed by atoms with Crippen molar-refractivity contribution in [2.75, 3.05) is 5.32 Å². The number of aromatic nitrogens is 2. The molecule has 29 heavy (non-hydrogen) atoms. The van der Waals surface area contributed by atoms with E-state index in [0.717, 1.165) is 25.7 Å². The van der Waals surface area contributed by atoms with Crippen LogP contribution in [-0.2, 0) is 16.6 Å². The normalized spacial score (nSPS) is 21.1. The van der Waals surface area contributed by atoms with Crippen LogP contribution in [0.25, 0.3) is 0 Å². The van der Waals surface area contributed by atoms with E-state index in [1.54, 1.807) is 19.3 Å². The number of aliphatic hydroxyl groups excluding tert-OH is 1. The smallest absolute Gasteiger partial charge is 0.405 e. The Morgan fingerprint density at radius 1 is 1.21 bits per heavy atom. The van der Waals surface area contributed by atoms with Gasteiger partial charge in [0.05, 0.1) is 5.54 Å². The van der Waals surface area contributed by atoms with Crippen molar-refractivity contribution in [2.24, 2.45) is 12.5 Å². The van der Waals surface area contributed by atoms with Crippen LogP contribution in [0, 0.1) is 5.41 Å². The molecule has 10 heteroatoms. The predicted molar refractivity (Wildman–Crippen MR) is 104 cm³/mol. The van der Waals surface area contributed by atoms with Gasteiger partial charge in [-0.2, -0.15) is 5.10 Å². The molecule has 0 saturated heterocycles. The van der Waals surface area contributed by atoms with Crippen molar-refractivity contribution in [3.05, 3.63) is 12.3 Å². The van der Waals surface area contributed by atoms with Crippen LogP contribution in [0.15, 0.2) is 12.3 Å². The van der Waals surface area contributed by atoms with Gasteiger partial charge in [0.25, 0.3) is 5.91 Å². The summed E-state index contributed by atoms with van der Waals surface area (Å²) in [6.45, 7) is 2.06. The summed E-state index contributed by atoms with van der Waals surface area (Å²) in [5.74, 6) is -0.868. The summed E-state index contributed by atoms with van der Waals surface area (Å²) in [5.41, 5.74) is -1.18. The maximum Gasteiger partial charge on any atom is 0.405 e. The SMILES string of the molecule is Cn1ccc(NC(=O)C(O)C2(NC(=O)C(CC3(C)CCCC3)NC(=O)O)CC2)n1. The number of aryl methyl sites for hydroxylation is 1. The number of nitrogens with one attached hydrogen (secondary N) is 3. The number of nitrogens with zero attached hydrogens (tertiary/aromatic N) is 2. The monoisotopic (exact) mass is 407 g/mol. The molecule has 2 atom stereocenters. The van der Waals surface area contributed by atoms with Crippen molar-refractivity contribution in [1.82, 2.24) is 20.4 Å². The van der Waals surface area contributed by atoms with Crippen LogP contribution in [-0.4, -0.2) is 55.6 Å². The zero-order chi connectivity index (χ0) is 21.2. The number of amides is 3. The summed E-state index contributed by atoms with van der Waals surface area (Å²) in [6.07, 6.45) is 4.20. The van der Waals surface area contributed by atoms with E-state index >= 15 is 0 Å². The maximum absolute atomic E-state index is 12.9. The van der Waals surface area contributed by atoms with Gasteiger partial charge in [-0.05, 0) is 37.5 Å². The summed E-state index contributed by atoms with van der Waals surface area (Å²) in [4.78, 5) is 36.5. The van der Waals surface area contributed by atoms with Crippen molar-refractivity contribution < 1.29 is 24.6 Å². The Morgan fingerprint density at radius 3 is 2.38 bits per heavy atom. The number of hydrogen-bond donors (Lipinski definition) is 5. The Bertz CT molecular complexity index is 782. The van der Waals surface area contributed by atoms with Gasteiger partial charge in [0.2, 0.25) is 5.91 Å². The molecule has 3 amide bonds. The molecule has 160 valence electrons. The van der Waals surface area contributed by atoms with Crippen LogP contribution < -0.4 is 16.0 Å². The zero-order valence-electron chi connectivity index (χ0n) is 16.8. The Labute approximate surface area is 169 Å². The van der Waals surface area contributed by atoms with E-state index in [9.17, 15) is 19.5 Å². The predicted octanol–water partition coefficient (Wildman–Crippen LogP) is 0.975. The van der Waals surface area contributed by atoms with Crippen LogP contribution >= 0.6 is 0 Å². The first-order valence-corrected chi connectivity index (χ1v) is 9.93. The van der Waals surface area contributed by atoms with Crippen molar-refractivity contribution in [3.8, 4) is 0 Å². The minimum atomic E-state index is -1.46. The van der Waals surface area contributed by atoms with Crippen LogP contribution in [0.2, 0.25) is 0 Å². The molecule has 1 aromatic rings. The van der Waals surface area contributed by atoms with Gasteiger partial charge in [0, 0.05) is 19.3 Å². The minimum Gasteiger partial charge on any atom is -0.465 e. The molecule has 5 N–H and O–H groups in total. The van der Waals surface area contributed by atoms with E-state index < -0.39 is 35.6 Å². The molecule has 0 aliphatic heterocycles. The summed E-state index contributed by atoms with van der Waals surface area (Å²) in [7, 11) is 1.70. The third-order valence-corrected chi connectivity index (χ3v) is 6.02. The van der Waals surface area contributed by atoms with Crippen LogP contribution in [0.3, 0.4) is 0 Å². The number of carboxylic acid groups (broad SMARTS) is 1. The van der Waals surface area contributed by atoms with E-state index in [2.05, 4.69) is 28.0 Å². The van der Waals surface area contributed by atoms with Gasteiger partial charge in [-0.3, -0.25) is 14.3 Å². The standard InChI is InChI=1S/C19H29N5O5/c1-18(6-3-4-7-18)11-12(20-17(28)29)15(26)22-19(8-9-19)14(25)16(27)21-13-5-10-24(2)23-13/h5,10,12,14,20,25H,3-4,6-9,11H2,1-2H3,(H,22,26)(H,28,29)(H,21,23,27). The van der Waals surface area contributed by atoms with Gasteiger partial charge in [0.1, 0.15) is 6.04 Å². The molecule has 2 aliphatic rings. The lowest BCUT2D eigenvalue weighted by molar-refractivity contribution is -0.130. The Hall–Kier alpha value is -2.62. The largest absolute Gasteiger partial charge is 0.465 e. The van der Waals surface area contributed by atoms with Crippen LogP contribution in [0.1, 0.15) is 51.9 Å². The molecule has 10 nitrogen and oxygen atoms in total. The van der Waals surface area contributed by atoms with Gasteiger partial charge in [0.15, 0.2) is 11.9 Å². The van der Waals surface area contributed by atoms with E-state index in [1.165, 1.54) is 4.68 Å². The molecule has 2 fully saturated rings. The Balaban J connectivity index is 1.64. The molecule has 2 saturated carbocycles. The third kappa shape index (κ3) is 5.06. The van der Waals surface area contributed by atoms with E-state index in [0.29, 0.717) is 25.1 Å². The van der Waals surface area contributed by atoms with Crippen molar-refractivity contribution >= 4 is 23.7 Å². The lowest BCUT2D eigenvalue weighted by Gasteiger charge is -2.30. The van der Waals surface area contributed by atoms with E-state index in [4.69, 9.17) is 5.11 Å². The Kier molecular flexibility index (Phi) is 5.83. The highest BCUT2D eigenvalue weighted by Gasteiger charge is 2.54. The molecule has 0 bridgehead atoms. The van der Waals surface area contributed by atoms with Crippen molar-refractivity contribution in [1.29, 1.82) is 0 Å². The molecule has 0 spiro atoms. The molecule has 2 unspecified atom stereocenters. The highest BCUT2D eigenvalue weighted by Crippen LogP contribution is 2.42. The van der Waals surface area contributed by atoms with Gasteiger partial charge < -0.3 is 26.2 Å². The summed E-state index contributed by atoms with van der Waals surface area (Å²) in [5, 5.41) is 31.3. The summed E-state index contributed by atoms with van der Waals surface area (Å²) < 4.78 is 1.52. The van der Waals surface area contributed by atoms with Crippen LogP contribution in [0.4, 0.5) is 10.6 Å². The van der Waals surface area contributed by atoms with Gasteiger partial charge in [-0.1, -0.05) is 19.8 Å². The first kappa shape index (κ1) is 21.1. The number of carbonyl (C=O) groups excluding carboxylic acids is 2. The Morgan fingerprint density at radius 2 is 1.86 bits per heavy atom. The molecular weight excluding hydrogens is 378 g/mol. The lowest BCUT2D eigenvalue weighted by atomic mass is 9.81. The fraction of sp³-hybridized carbons (Fsp3) is 0.684. The number of carbonyl (C=O) groups is 3.